The van der Waals surface area contributed by atoms with Crippen LogP contribution < -0.4 is 4.90 Å². The minimum atomic E-state index is 0.763. The molecule has 2 heterocycles. The number of benzene rings is 2. The van der Waals surface area contributed by atoms with E-state index < -0.39 is 0 Å². The lowest BCUT2D eigenvalue weighted by atomic mass is 10.0. The maximum absolute atomic E-state index is 6.28. The van der Waals surface area contributed by atoms with E-state index >= 15 is 0 Å². The molecule has 0 bridgehead atoms. The average molecular weight is 352 g/mol. The largest absolute Gasteiger partial charge is 0.327 e. The van der Waals surface area contributed by atoms with Crippen LogP contribution in [-0.2, 0) is 6.54 Å². The predicted octanol–water partition coefficient (Wildman–Crippen LogP) is 5.44. The van der Waals surface area contributed by atoms with Crippen LogP contribution in [0.1, 0.15) is 23.7 Å². The number of hydrogen-bond donors (Lipinski definition) is 0. The normalized spacial score (nSPS) is 14.8. The number of aromatic nitrogens is 1. The number of rotatable bonds is 2. The fourth-order valence-electron chi connectivity index (χ4n) is 3.63. The molecule has 0 fully saturated rings. The van der Waals surface area contributed by atoms with Gasteiger partial charge in [0, 0.05) is 33.9 Å². The molecule has 3 nitrogen and oxygen atoms in total. The molecule has 0 saturated carbocycles. The van der Waals surface area contributed by atoms with Gasteiger partial charge in [-0.05, 0) is 50.7 Å². The molecule has 0 atom stereocenters. The van der Waals surface area contributed by atoms with Crippen LogP contribution in [0.25, 0.3) is 10.9 Å². The predicted molar refractivity (Wildman–Crippen MR) is 106 cm³/mol. The van der Waals surface area contributed by atoms with Crippen LogP contribution in [0, 0.1) is 13.8 Å². The van der Waals surface area contributed by atoms with Crippen LogP contribution in [0.5, 0.6) is 0 Å². The molecular weight excluding hydrogens is 330 g/mol. The molecule has 0 aliphatic carbocycles. The number of pyridine rings is 1. The molecule has 3 aromatic rings. The highest BCUT2D eigenvalue weighted by molar-refractivity contribution is 6.30. The maximum atomic E-state index is 6.28. The molecule has 1 aliphatic rings. The van der Waals surface area contributed by atoms with Crippen molar-refractivity contribution >= 4 is 33.9 Å². The van der Waals surface area contributed by atoms with Gasteiger partial charge in [-0.2, -0.15) is 0 Å². The van der Waals surface area contributed by atoms with Gasteiger partial charge in [0.25, 0.3) is 0 Å². The molecule has 25 heavy (non-hydrogen) atoms. The molecule has 128 valence electrons. The Morgan fingerprint density at radius 1 is 1.12 bits per heavy atom. The summed E-state index contributed by atoms with van der Waals surface area (Å²) in [5.74, 6) is 0. The lowest BCUT2D eigenvalue weighted by molar-refractivity contribution is 0.275. The first-order valence-corrected chi connectivity index (χ1v) is 9.10. The third-order valence-corrected chi connectivity index (χ3v) is 5.21. The number of nitrogens with zero attached hydrogens (tertiary/aromatic N) is 3. The van der Waals surface area contributed by atoms with Crippen molar-refractivity contribution in [3.8, 4) is 0 Å². The van der Waals surface area contributed by atoms with Gasteiger partial charge in [0.1, 0.15) is 0 Å². The Bertz CT molecular complexity index is 951. The van der Waals surface area contributed by atoms with E-state index in [-0.39, 0.29) is 0 Å². The first-order valence-electron chi connectivity index (χ1n) is 8.72. The second-order valence-electron chi connectivity index (χ2n) is 6.74. The summed E-state index contributed by atoms with van der Waals surface area (Å²) in [5.41, 5.74) is 7.13. The Kier molecular flexibility index (Phi) is 4.14. The van der Waals surface area contributed by atoms with E-state index in [0.29, 0.717) is 0 Å². The third kappa shape index (κ3) is 2.88. The van der Waals surface area contributed by atoms with Crippen molar-refractivity contribution in [1.29, 1.82) is 0 Å². The monoisotopic (exact) mass is 351 g/mol. The van der Waals surface area contributed by atoms with E-state index in [1.54, 1.807) is 0 Å². The Balaban J connectivity index is 2.01. The molecule has 1 aliphatic heterocycles. The lowest BCUT2D eigenvalue weighted by Crippen LogP contribution is -2.40. The van der Waals surface area contributed by atoms with Crippen molar-refractivity contribution in [1.82, 2.24) is 9.88 Å². The van der Waals surface area contributed by atoms with Gasteiger partial charge in [0.15, 0.2) is 0 Å². The van der Waals surface area contributed by atoms with Gasteiger partial charge in [-0.1, -0.05) is 36.2 Å². The fourth-order valence-corrected chi connectivity index (χ4v) is 3.81. The zero-order chi connectivity index (χ0) is 17.6. The van der Waals surface area contributed by atoms with E-state index in [1.165, 1.54) is 22.2 Å². The minimum absolute atomic E-state index is 0.763. The van der Waals surface area contributed by atoms with E-state index in [1.807, 2.05) is 18.2 Å². The van der Waals surface area contributed by atoms with Crippen LogP contribution in [0.4, 0.5) is 11.4 Å². The van der Waals surface area contributed by atoms with Crippen LogP contribution in [-0.4, -0.2) is 23.1 Å². The van der Waals surface area contributed by atoms with Gasteiger partial charge in [-0.15, -0.1) is 0 Å². The summed E-state index contributed by atoms with van der Waals surface area (Å²) in [4.78, 5) is 9.67. The molecule has 0 N–H and O–H groups in total. The summed E-state index contributed by atoms with van der Waals surface area (Å²) in [6.45, 7) is 9.25. The highest BCUT2D eigenvalue weighted by Gasteiger charge is 2.27. The first-order chi connectivity index (χ1) is 12.1. The first kappa shape index (κ1) is 16.4. The van der Waals surface area contributed by atoms with Gasteiger partial charge in [0.05, 0.1) is 17.9 Å². The summed E-state index contributed by atoms with van der Waals surface area (Å²) in [7, 11) is 0. The number of anilines is 2. The van der Waals surface area contributed by atoms with Crippen LogP contribution in [0.15, 0.2) is 42.5 Å². The van der Waals surface area contributed by atoms with Crippen LogP contribution >= 0.6 is 11.6 Å². The number of fused-ring (bicyclic) bond motifs is 3. The van der Waals surface area contributed by atoms with Crippen LogP contribution in [0.2, 0.25) is 5.02 Å². The maximum Gasteiger partial charge on any atom is 0.0759 e. The van der Waals surface area contributed by atoms with Crippen molar-refractivity contribution in [2.24, 2.45) is 0 Å². The third-order valence-electron chi connectivity index (χ3n) is 4.98. The summed E-state index contributed by atoms with van der Waals surface area (Å²) in [6.07, 6.45) is 0. The molecule has 0 spiro atoms. The Hall–Kier alpha value is -2.10. The van der Waals surface area contributed by atoms with Crippen molar-refractivity contribution in [3.63, 3.8) is 0 Å². The number of halogens is 1. The average Bonchev–Trinajstić information content (AvgIpc) is 2.61. The fraction of sp³-hybridized carbons (Fsp3) is 0.286. The van der Waals surface area contributed by atoms with E-state index in [4.69, 9.17) is 16.6 Å². The molecule has 0 radical (unpaired) electrons. The summed E-state index contributed by atoms with van der Waals surface area (Å²) >= 11 is 6.28. The molecular formula is C21H22ClN3. The minimum Gasteiger partial charge on any atom is -0.327 e. The molecule has 4 heteroatoms. The summed E-state index contributed by atoms with van der Waals surface area (Å²) in [5, 5.41) is 1.98. The van der Waals surface area contributed by atoms with Gasteiger partial charge in [-0.25, -0.2) is 0 Å². The molecule has 0 amide bonds. The Labute approximate surface area is 153 Å². The highest BCUT2D eigenvalue weighted by atomic mass is 35.5. The van der Waals surface area contributed by atoms with Gasteiger partial charge in [0.2, 0.25) is 0 Å². The quantitative estimate of drug-likeness (QED) is 0.613. The zero-order valence-corrected chi connectivity index (χ0v) is 15.6. The molecule has 4 rings (SSSR count). The second kappa shape index (κ2) is 6.32. The van der Waals surface area contributed by atoms with Crippen molar-refractivity contribution in [3.05, 3.63) is 64.3 Å². The molecule has 0 unspecified atom stereocenters. The molecule has 1 aromatic heterocycles. The van der Waals surface area contributed by atoms with Crippen molar-refractivity contribution < 1.29 is 0 Å². The number of hydrogen-bond acceptors (Lipinski definition) is 3. The molecule has 2 aromatic carbocycles. The zero-order valence-electron chi connectivity index (χ0n) is 14.9. The molecule has 0 saturated heterocycles. The van der Waals surface area contributed by atoms with Gasteiger partial charge >= 0.3 is 0 Å². The van der Waals surface area contributed by atoms with Crippen LogP contribution in [0.3, 0.4) is 0 Å². The summed E-state index contributed by atoms with van der Waals surface area (Å²) in [6, 6.07) is 14.6. The second-order valence-corrected chi connectivity index (χ2v) is 7.18. The van der Waals surface area contributed by atoms with Crippen molar-refractivity contribution in [2.75, 3.05) is 18.1 Å². The number of aryl methyl sites for hydroxylation is 2. The summed E-state index contributed by atoms with van der Waals surface area (Å²) < 4.78 is 0. The van der Waals surface area contributed by atoms with Crippen molar-refractivity contribution in [2.45, 2.75) is 27.3 Å². The Morgan fingerprint density at radius 2 is 1.96 bits per heavy atom. The van der Waals surface area contributed by atoms with E-state index in [0.717, 1.165) is 41.7 Å². The van der Waals surface area contributed by atoms with E-state index in [9.17, 15) is 0 Å². The topological polar surface area (TPSA) is 19.4 Å². The standard InChI is InChI=1S/C21H22ClN3/c1-4-24-12-19-15(3)23-20-9-8-14(2)10-18(20)21(19)25(13-24)17-7-5-6-16(22)11-17/h5-11H,4,12-13H2,1-3H3. The highest BCUT2D eigenvalue weighted by Crippen LogP contribution is 2.40. The Morgan fingerprint density at radius 3 is 2.72 bits per heavy atom. The van der Waals surface area contributed by atoms with E-state index in [2.05, 4.69) is 54.8 Å². The van der Waals surface area contributed by atoms with Gasteiger partial charge in [-0.3, -0.25) is 9.88 Å². The smallest absolute Gasteiger partial charge is 0.0759 e. The lowest BCUT2D eigenvalue weighted by Gasteiger charge is -2.39. The SMILES string of the molecule is CCN1Cc2c(C)nc3ccc(C)cc3c2N(c2cccc(Cl)c2)C1. The van der Waals surface area contributed by atoms with Gasteiger partial charge < -0.3 is 4.90 Å².